The first-order chi connectivity index (χ1) is 8.63. The van der Waals surface area contributed by atoms with Crippen LogP contribution in [0.4, 0.5) is 5.82 Å². The van der Waals surface area contributed by atoms with Gasteiger partial charge in [-0.1, -0.05) is 0 Å². The minimum atomic E-state index is -0.804. The van der Waals surface area contributed by atoms with Gasteiger partial charge in [0.25, 0.3) is 0 Å². The van der Waals surface area contributed by atoms with Gasteiger partial charge in [0.2, 0.25) is 0 Å². The van der Waals surface area contributed by atoms with Crippen molar-refractivity contribution in [3.8, 4) is 0 Å². The Morgan fingerprint density at radius 3 is 2.94 bits per heavy atom. The number of aryl methyl sites for hydroxylation is 1. The fraction of sp³-hybridized carbons (Fsp3) is 0.417. The lowest BCUT2D eigenvalue weighted by Gasteiger charge is -2.21. The van der Waals surface area contributed by atoms with Crippen molar-refractivity contribution in [3.05, 3.63) is 18.6 Å². The van der Waals surface area contributed by atoms with Crippen LogP contribution in [-0.2, 0) is 11.8 Å². The summed E-state index contributed by atoms with van der Waals surface area (Å²) in [5.74, 6) is -0.0569. The number of carboxylic acid groups (broad SMARTS) is 1. The highest BCUT2D eigenvalue weighted by molar-refractivity contribution is 5.86. The van der Waals surface area contributed by atoms with Crippen molar-refractivity contribution in [1.29, 1.82) is 0 Å². The zero-order valence-corrected chi connectivity index (χ0v) is 10.5. The summed E-state index contributed by atoms with van der Waals surface area (Å²) in [5, 5.41) is 8.76. The molecule has 0 radical (unpaired) electrons. The van der Waals surface area contributed by atoms with Crippen LogP contribution in [0.1, 0.15) is 13.3 Å². The molecule has 0 spiro atoms. The van der Waals surface area contributed by atoms with E-state index in [9.17, 15) is 4.79 Å². The van der Waals surface area contributed by atoms with E-state index in [1.165, 1.54) is 0 Å². The highest BCUT2D eigenvalue weighted by atomic mass is 16.4. The normalized spacial score (nSPS) is 10.8. The second-order valence-corrected chi connectivity index (χ2v) is 4.08. The molecule has 6 nitrogen and oxygen atoms in total. The van der Waals surface area contributed by atoms with Gasteiger partial charge in [0, 0.05) is 26.3 Å². The molecule has 2 aromatic heterocycles. The molecule has 6 heteroatoms. The van der Waals surface area contributed by atoms with Crippen LogP contribution in [0, 0.1) is 0 Å². The number of aromatic nitrogens is 3. The molecule has 2 aromatic rings. The lowest BCUT2D eigenvalue weighted by Crippen LogP contribution is -2.26. The average Bonchev–Trinajstić information content (AvgIpc) is 2.73. The maximum absolute atomic E-state index is 10.7. The van der Waals surface area contributed by atoms with Crippen LogP contribution in [0.25, 0.3) is 11.0 Å². The maximum atomic E-state index is 10.7. The van der Waals surface area contributed by atoms with E-state index in [1.807, 2.05) is 29.5 Å². The summed E-state index contributed by atoms with van der Waals surface area (Å²) in [6.07, 6.45) is 3.56. The Bertz CT molecular complexity index is 564. The fourth-order valence-electron chi connectivity index (χ4n) is 1.92. The molecule has 0 bridgehead atoms. The van der Waals surface area contributed by atoms with E-state index in [2.05, 4.69) is 9.97 Å². The molecule has 0 saturated heterocycles. The number of rotatable bonds is 5. The standard InChI is InChI=1S/C12H16N4O2/c1-3-16(7-5-10(17)18)12-11-9(4-6-13-12)15(2)8-14-11/h4,6,8H,3,5,7H2,1-2H3,(H,17,18). The van der Waals surface area contributed by atoms with Gasteiger partial charge in [-0.2, -0.15) is 0 Å². The molecule has 0 aliphatic rings. The topological polar surface area (TPSA) is 71.2 Å². The van der Waals surface area contributed by atoms with Crippen molar-refractivity contribution in [2.75, 3.05) is 18.0 Å². The molecule has 0 atom stereocenters. The molecular formula is C12H16N4O2. The molecule has 0 saturated carbocycles. The molecule has 0 aromatic carbocycles. The number of carboxylic acids is 1. The summed E-state index contributed by atoms with van der Waals surface area (Å²) in [5.41, 5.74) is 1.81. The smallest absolute Gasteiger partial charge is 0.305 e. The average molecular weight is 248 g/mol. The molecule has 2 rings (SSSR count). The Morgan fingerprint density at radius 1 is 1.50 bits per heavy atom. The molecule has 0 aliphatic carbocycles. The van der Waals surface area contributed by atoms with Gasteiger partial charge in [0.1, 0.15) is 5.52 Å². The van der Waals surface area contributed by atoms with Crippen molar-refractivity contribution in [2.24, 2.45) is 7.05 Å². The first-order valence-electron chi connectivity index (χ1n) is 5.86. The van der Waals surface area contributed by atoms with Crippen molar-refractivity contribution in [1.82, 2.24) is 14.5 Å². The number of hydrogen-bond acceptors (Lipinski definition) is 4. The molecule has 96 valence electrons. The second-order valence-electron chi connectivity index (χ2n) is 4.08. The molecule has 18 heavy (non-hydrogen) atoms. The lowest BCUT2D eigenvalue weighted by atomic mass is 10.3. The third kappa shape index (κ3) is 2.27. The van der Waals surface area contributed by atoms with Crippen LogP contribution in [0.3, 0.4) is 0 Å². The van der Waals surface area contributed by atoms with Crippen LogP contribution in [-0.4, -0.2) is 38.7 Å². The number of hydrogen-bond donors (Lipinski definition) is 1. The van der Waals surface area contributed by atoms with Crippen molar-refractivity contribution in [2.45, 2.75) is 13.3 Å². The number of pyridine rings is 1. The third-order valence-corrected chi connectivity index (χ3v) is 2.90. The van der Waals surface area contributed by atoms with Crippen LogP contribution in [0.5, 0.6) is 0 Å². The van der Waals surface area contributed by atoms with Gasteiger partial charge >= 0.3 is 5.97 Å². The Balaban J connectivity index is 2.35. The van der Waals surface area contributed by atoms with Crippen molar-refractivity contribution in [3.63, 3.8) is 0 Å². The number of imidazole rings is 1. The van der Waals surface area contributed by atoms with E-state index in [1.54, 1.807) is 12.5 Å². The summed E-state index contributed by atoms with van der Waals surface area (Å²) in [7, 11) is 1.92. The van der Waals surface area contributed by atoms with Crippen LogP contribution in [0.15, 0.2) is 18.6 Å². The van der Waals surface area contributed by atoms with E-state index in [0.717, 1.165) is 16.9 Å². The highest BCUT2D eigenvalue weighted by Crippen LogP contribution is 2.22. The van der Waals surface area contributed by atoms with Crippen LogP contribution in [0.2, 0.25) is 0 Å². The molecule has 0 aliphatic heterocycles. The quantitative estimate of drug-likeness (QED) is 0.862. The zero-order chi connectivity index (χ0) is 13.1. The van der Waals surface area contributed by atoms with Gasteiger partial charge < -0.3 is 14.6 Å². The Labute approximate surface area is 105 Å². The number of anilines is 1. The molecule has 0 unspecified atom stereocenters. The van der Waals surface area contributed by atoms with E-state index < -0.39 is 5.97 Å². The van der Waals surface area contributed by atoms with Crippen molar-refractivity contribution < 1.29 is 9.90 Å². The third-order valence-electron chi connectivity index (χ3n) is 2.90. The van der Waals surface area contributed by atoms with Gasteiger partial charge in [-0.3, -0.25) is 4.79 Å². The van der Waals surface area contributed by atoms with Crippen molar-refractivity contribution >= 4 is 22.8 Å². The number of nitrogens with zero attached hydrogens (tertiary/aromatic N) is 4. The summed E-state index contributed by atoms with van der Waals surface area (Å²) in [4.78, 5) is 21.2. The van der Waals surface area contributed by atoms with E-state index in [4.69, 9.17) is 5.11 Å². The number of fused-ring (bicyclic) bond motifs is 1. The predicted octanol–water partition coefficient (Wildman–Crippen LogP) is 1.27. The SMILES string of the molecule is CCN(CCC(=O)O)c1nccc2c1ncn2C. The zero-order valence-electron chi connectivity index (χ0n) is 10.5. The van der Waals surface area contributed by atoms with Gasteiger partial charge in [-0.05, 0) is 13.0 Å². The maximum Gasteiger partial charge on any atom is 0.305 e. The lowest BCUT2D eigenvalue weighted by molar-refractivity contribution is -0.136. The monoisotopic (exact) mass is 248 g/mol. The van der Waals surface area contributed by atoms with E-state index in [-0.39, 0.29) is 6.42 Å². The van der Waals surface area contributed by atoms with Crippen LogP contribution < -0.4 is 4.90 Å². The Hall–Kier alpha value is -2.11. The summed E-state index contributed by atoms with van der Waals surface area (Å²) < 4.78 is 1.92. The number of carbonyl (C=O) groups is 1. The van der Waals surface area contributed by atoms with Crippen LogP contribution >= 0.6 is 0 Å². The van der Waals surface area contributed by atoms with Gasteiger partial charge in [-0.15, -0.1) is 0 Å². The summed E-state index contributed by atoms with van der Waals surface area (Å²) in [6, 6.07) is 1.90. The minimum absolute atomic E-state index is 0.0960. The minimum Gasteiger partial charge on any atom is -0.481 e. The first-order valence-corrected chi connectivity index (χ1v) is 5.86. The van der Waals surface area contributed by atoms with E-state index in [0.29, 0.717) is 13.1 Å². The summed E-state index contributed by atoms with van der Waals surface area (Å²) >= 11 is 0. The van der Waals surface area contributed by atoms with Gasteiger partial charge in [0.15, 0.2) is 5.82 Å². The molecule has 0 amide bonds. The largest absolute Gasteiger partial charge is 0.481 e. The first kappa shape index (κ1) is 12.3. The molecular weight excluding hydrogens is 232 g/mol. The molecule has 0 fully saturated rings. The molecule has 2 heterocycles. The Kier molecular flexibility index (Phi) is 3.45. The Morgan fingerprint density at radius 2 is 2.28 bits per heavy atom. The highest BCUT2D eigenvalue weighted by Gasteiger charge is 2.13. The predicted molar refractivity (Wildman–Crippen MR) is 68.6 cm³/mol. The second kappa shape index (κ2) is 5.03. The van der Waals surface area contributed by atoms with E-state index >= 15 is 0 Å². The fourth-order valence-corrected chi connectivity index (χ4v) is 1.92. The molecule has 1 N–H and O–H groups in total. The van der Waals surface area contributed by atoms with Gasteiger partial charge in [0.05, 0.1) is 18.3 Å². The van der Waals surface area contributed by atoms with Gasteiger partial charge in [-0.25, -0.2) is 9.97 Å². The number of aliphatic carboxylic acids is 1. The summed E-state index contributed by atoms with van der Waals surface area (Å²) in [6.45, 7) is 3.12.